The predicted molar refractivity (Wildman–Crippen MR) is 68.9 cm³/mol. The van der Waals surface area contributed by atoms with Crippen molar-refractivity contribution in [2.45, 2.75) is 18.9 Å². The highest BCUT2D eigenvalue weighted by molar-refractivity contribution is 9.10. The van der Waals surface area contributed by atoms with Crippen LogP contribution in [0.1, 0.15) is 12.5 Å². The van der Waals surface area contributed by atoms with Crippen LogP contribution in [-0.4, -0.2) is 26.4 Å². The number of methoxy groups -OCH3 is 2. The Balaban J connectivity index is 2.87. The first-order chi connectivity index (χ1) is 7.48. The van der Waals surface area contributed by atoms with Crippen LogP contribution < -0.4 is 10.5 Å². The molecule has 3 nitrogen and oxygen atoms in total. The van der Waals surface area contributed by atoms with E-state index in [4.69, 9.17) is 15.2 Å². The molecule has 1 aromatic carbocycles. The Morgan fingerprint density at radius 2 is 2.06 bits per heavy atom. The lowest BCUT2D eigenvalue weighted by Crippen LogP contribution is -2.43. The molecule has 0 fully saturated rings. The second-order valence-electron chi connectivity index (χ2n) is 4.22. The Labute approximate surface area is 105 Å². The number of benzene rings is 1. The van der Waals surface area contributed by atoms with Gasteiger partial charge in [0.2, 0.25) is 0 Å². The number of nitrogens with two attached hydrogens (primary N) is 1. The van der Waals surface area contributed by atoms with Gasteiger partial charge < -0.3 is 15.2 Å². The SMILES string of the molecule is COCC(C)(N)Cc1cc(OC)ccc1Br. The van der Waals surface area contributed by atoms with Crippen LogP contribution in [0.25, 0.3) is 0 Å². The van der Waals surface area contributed by atoms with Crippen molar-refractivity contribution in [1.29, 1.82) is 0 Å². The number of halogens is 1. The third-order valence-corrected chi connectivity index (χ3v) is 3.09. The fourth-order valence-electron chi connectivity index (χ4n) is 1.63. The van der Waals surface area contributed by atoms with Crippen LogP contribution in [-0.2, 0) is 11.2 Å². The van der Waals surface area contributed by atoms with Crippen molar-refractivity contribution < 1.29 is 9.47 Å². The Bertz CT molecular complexity index is 353. The van der Waals surface area contributed by atoms with E-state index in [1.807, 2.05) is 25.1 Å². The summed E-state index contributed by atoms with van der Waals surface area (Å²) in [4.78, 5) is 0. The number of hydrogen-bond acceptors (Lipinski definition) is 3. The summed E-state index contributed by atoms with van der Waals surface area (Å²) in [6, 6.07) is 5.87. The van der Waals surface area contributed by atoms with Crippen LogP contribution in [0.5, 0.6) is 5.75 Å². The average molecular weight is 288 g/mol. The van der Waals surface area contributed by atoms with E-state index in [0.29, 0.717) is 6.61 Å². The van der Waals surface area contributed by atoms with Crippen LogP contribution in [0.2, 0.25) is 0 Å². The lowest BCUT2D eigenvalue weighted by molar-refractivity contribution is 0.141. The molecule has 0 saturated heterocycles. The Hall–Kier alpha value is -0.580. The molecule has 0 aliphatic heterocycles. The minimum Gasteiger partial charge on any atom is -0.497 e. The number of rotatable bonds is 5. The van der Waals surface area contributed by atoms with Crippen molar-refractivity contribution in [3.05, 3.63) is 28.2 Å². The smallest absolute Gasteiger partial charge is 0.119 e. The zero-order chi connectivity index (χ0) is 12.2. The third-order valence-electron chi connectivity index (χ3n) is 2.32. The summed E-state index contributed by atoms with van der Waals surface area (Å²) in [6.45, 7) is 2.50. The van der Waals surface area contributed by atoms with Gasteiger partial charge in [-0.15, -0.1) is 0 Å². The number of ether oxygens (including phenoxy) is 2. The molecule has 1 unspecified atom stereocenters. The molecule has 4 heteroatoms. The van der Waals surface area contributed by atoms with Crippen LogP contribution in [0.3, 0.4) is 0 Å². The Kier molecular flexibility index (Phi) is 4.77. The lowest BCUT2D eigenvalue weighted by atomic mass is 9.95. The van der Waals surface area contributed by atoms with E-state index in [-0.39, 0.29) is 5.54 Å². The summed E-state index contributed by atoms with van der Waals surface area (Å²) in [5.41, 5.74) is 6.89. The van der Waals surface area contributed by atoms with E-state index in [2.05, 4.69) is 15.9 Å². The van der Waals surface area contributed by atoms with Gasteiger partial charge in [0.15, 0.2) is 0 Å². The van der Waals surface area contributed by atoms with E-state index < -0.39 is 0 Å². The zero-order valence-corrected chi connectivity index (χ0v) is 11.5. The molecule has 2 N–H and O–H groups in total. The maximum Gasteiger partial charge on any atom is 0.119 e. The summed E-state index contributed by atoms with van der Waals surface area (Å²) in [7, 11) is 3.32. The van der Waals surface area contributed by atoms with Crippen molar-refractivity contribution in [2.75, 3.05) is 20.8 Å². The summed E-state index contributed by atoms with van der Waals surface area (Å²) in [5.74, 6) is 0.839. The highest BCUT2D eigenvalue weighted by Crippen LogP contribution is 2.25. The quantitative estimate of drug-likeness (QED) is 0.904. The molecule has 0 aliphatic rings. The molecule has 1 atom stereocenters. The molecule has 0 heterocycles. The molecule has 0 spiro atoms. The molecule has 0 aliphatic carbocycles. The monoisotopic (exact) mass is 287 g/mol. The van der Waals surface area contributed by atoms with E-state index in [0.717, 1.165) is 22.2 Å². The van der Waals surface area contributed by atoms with Crippen LogP contribution in [0, 0.1) is 0 Å². The van der Waals surface area contributed by atoms with Crippen molar-refractivity contribution in [3.63, 3.8) is 0 Å². The molecule has 1 rings (SSSR count). The molecule has 16 heavy (non-hydrogen) atoms. The summed E-state index contributed by atoms with van der Waals surface area (Å²) >= 11 is 3.51. The largest absolute Gasteiger partial charge is 0.497 e. The topological polar surface area (TPSA) is 44.5 Å². The summed E-state index contributed by atoms with van der Waals surface area (Å²) in [6.07, 6.45) is 0.735. The first-order valence-corrected chi connectivity index (χ1v) is 5.88. The van der Waals surface area contributed by atoms with Crippen molar-refractivity contribution in [2.24, 2.45) is 5.73 Å². The average Bonchev–Trinajstić information content (AvgIpc) is 2.21. The van der Waals surface area contributed by atoms with Crippen LogP contribution in [0.4, 0.5) is 0 Å². The van der Waals surface area contributed by atoms with Crippen LogP contribution in [0.15, 0.2) is 22.7 Å². The molecular weight excluding hydrogens is 270 g/mol. The first-order valence-electron chi connectivity index (χ1n) is 5.09. The van der Waals surface area contributed by atoms with Crippen molar-refractivity contribution in [1.82, 2.24) is 0 Å². The number of hydrogen-bond donors (Lipinski definition) is 1. The second kappa shape index (κ2) is 5.66. The molecule has 90 valence electrons. The van der Waals surface area contributed by atoms with E-state index >= 15 is 0 Å². The lowest BCUT2D eigenvalue weighted by Gasteiger charge is -2.24. The molecule has 1 aromatic rings. The normalized spacial score (nSPS) is 14.6. The van der Waals surface area contributed by atoms with E-state index in [9.17, 15) is 0 Å². The van der Waals surface area contributed by atoms with Gasteiger partial charge in [0.25, 0.3) is 0 Å². The maximum atomic E-state index is 6.13. The first kappa shape index (κ1) is 13.5. The van der Waals surface area contributed by atoms with Gasteiger partial charge in [-0.2, -0.15) is 0 Å². The third kappa shape index (κ3) is 3.77. The molecule has 0 aromatic heterocycles. The molecule has 0 amide bonds. The van der Waals surface area contributed by atoms with Gasteiger partial charge >= 0.3 is 0 Å². The van der Waals surface area contributed by atoms with E-state index in [1.54, 1.807) is 14.2 Å². The van der Waals surface area contributed by atoms with Gasteiger partial charge in [0.1, 0.15) is 5.75 Å². The fraction of sp³-hybridized carbons (Fsp3) is 0.500. The minimum atomic E-state index is -0.371. The highest BCUT2D eigenvalue weighted by atomic mass is 79.9. The van der Waals surface area contributed by atoms with Crippen LogP contribution >= 0.6 is 15.9 Å². The van der Waals surface area contributed by atoms with Gasteiger partial charge in [0.05, 0.1) is 13.7 Å². The van der Waals surface area contributed by atoms with Gasteiger partial charge in [-0.3, -0.25) is 0 Å². The Morgan fingerprint density at radius 1 is 1.38 bits per heavy atom. The molecule has 0 saturated carbocycles. The highest BCUT2D eigenvalue weighted by Gasteiger charge is 2.20. The van der Waals surface area contributed by atoms with Gasteiger partial charge in [-0.1, -0.05) is 15.9 Å². The Morgan fingerprint density at radius 3 is 2.62 bits per heavy atom. The zero-order valence-electron chi connectivity index (χ0n) is 9.92. The standard InChI is InChI=1S/C12H18BrNO2/c1-12(14,8-15-2)7-9-6-10(16-3)4-5-11(9)13/h4-6H,7-8,14H2,1-3H3. The van der Waals surface area contributed by atoms with Gasteiger partial charge in [0, 0.05) is 17.1 Å². The summed E-state index contributed by atoms with van der Waals surface area (Å²) < 4.78 is 11.3. The molecular formula is C12H18BrNO2. The maximum absolute atomic E-state index is 6.13. The van der Waals surface area contributed by atoms with Gasteiger partial charge in [-0.05, 0) is 37.1 Å². The minimum absolute atomic E-state index is 0.371. The van der Waals surface area contributed by atoms with Crippen molar-refractivity contribution in [3.8, 4) is 5.75 Å². The van der Waals surface area contributed by atoms with Crippen molar-refractivity contribution >= 4 is 15.9 Å². The fourth-order valence-corrected chi connectivity index (χ4v) is 2.02. The van der Waals surface area contributed by atoms with E-state index in [1.165, 1.54) is 0 Å². The predicted octanol–water partition coefficient (Wildman–Crippen LogP) is 2.36. The summed E-state index contributed by atoms with van der Waals surface area (Å²) in [5, 5.41) is 0. The molecule has 0 bridgehead atoms. The second-order valence-corrected chi connectivity index (χ2v) is 5.08. The van der Waals surface area contributed by atoms with Gasteiger partial charge in [-0.25, -0.2) is 0 Å². The molecule has 0 radical (unpaired) electrons.